The molecule has 118 valence electrons. The van der Waals surface area contributed by atoms with Gasteiger partial charge in [-0.25, -0.2) is 4.99 Å². The highest BCUT2D eigenvalue weighted by Crippen LogP contribution is 2.46. The van der Waals surface area contributed by atoms with E-state index in [1.54, 1.807) is 0 Å². The lowest BCUT2D eigenvalue weighted by Gasteiger charge is -2.37. The van der Waals surface area contributed by atoms with Crippen molar-refractivity contribution in [3.8, 4) is 0 Å². The molecule has 3 heteroatoms. The lowest BCUT2D eigenvalue weighted by atomic mass is 9.97. The van der Waals surface area contributed by atoms with Crippen molar-refractivity contribution in [2.24, 2.45) is 16.8 Å². The van der Waals surface area contributed by atoms with Crippen molar-refractivity contribution in [1.82, 2.24) is 4.90 Å². The fourth-order valence-corrected chi connectivity index (χ4v) is 4.43. The first-order valence-electron chi connectivity index (χ1n) is 8.87. The molecule has 0 bridgehead atoms. The van der Waals surface area contributed by atoms with E-state index in [-0.39, 0.29) is 0 Å². The van der Waals surface area contributed by atoms with Gasteiger partial charge in [0.15, 0.2) is 0 Å². The number of nitrogens with zero attached hydrogens (tertiary/aromatic N) is 2. The van der Waals surface area contributed by atoms with Gasteiger partial charge in [0.25, 0.3) is 0 Å². The summed E-state index contributed by atoms with van der Waals surface area (Å²) in [5.74, 6) is 2.69. The van der Waals surface area contributed by atoms with E-state index in [1.807, 2.05) is 0 Å². The minimum absolute atomic E-state index is 0.313. The molecule has 2 nitrogen and oxygen atoms in total. The summed E-state index contributed by atoms with van der Waals surface area (Å²) in [6.07, 6.45) is 13.2. The van der Waals surface area contributed by atoms with Crippen molar-refractivity contribution < 1.29 is 0 Å². The number of aliphatic imine (C=N–C) groups is 1. The van der Waals surface area contributed by atoms with Gasteiger partial charge in [-0.2, -0.15) is 0 Å². The topological polar surface area (TPSA) is 15.6 Å². The van der Waals surface area contributed by atoms with Gasteiger partial charge < -0.3 is 4.90 Å². The standard InChI is InChI=1S/C19H25ClN2/c1-3-13-5-10-16-17(11-6-13)21-19-15(14-7-8-14)9-4-12(2)22(19)18(16)20/h4,9,12-14H,3,5-8,10-11H2,1-2H3. The van der Waals surface area contributed by atoms with Crippen LogP contribution < -0.4 is 0 Å². The molecule has 0 aromatic carbocycles. The molecular weight excluding hydrogens is 292 g/mol. The van der Waals surface area contributed by atoms with Gasteiger partial charge in [0.05, 0.1) is 6.04 Å². The third kappa shape index (κ3) is 2.36. The van der Waals surface area contributed by atoms with Gasteiger partial charge in [0.1, 0.15) is 11.0 Å². The van der Waals surface area contributed by atoms with Crippen LogP contribution in [0.1, 0.15) is 58.8 Å². The van der Waals surface area contributed by atoms with Crippen molar-refractivity contribution >= 4 is 17.3 Å². The minimum atomic E-state index is 0.313. The molecular formula is C19H25ClN2. The summed E-state index contributed by atoms with van der Waals surface area (Å²) in [6.45, 7) is 4.52. The second kappa shape index (κ2) is 5.56. The maximum absolute atomic E-state index is 6.87. The molecule has 0 aromatic heterocycles. The molecule has 0 N–H and O–H groups in total. The van der Waals surface area contributed by atoms with Crippen LogP contribution in [0.2, 0.25) is 0 Å². The first-order valence-corrected chi connectivity index (χ1v) is 9.25. The molecule has 2 aliphatic carbocycles. The average molecular weight is 317 g/mol. The number of halogens is 1. The molecule has 4 aliphatic rings. The number of rotatable bonds is 2. The van der Waals surface area contributed by atoms with Gasteiger partial charge >= 0.3 is 0 Å². The van der Waals surface area contributed by atoms with Gasteiger partial charge in [-0.1, -0.05) is 37.1 Å². The maximum Gasteiger partial charge on any atom is 0.137 e. The summed E-state index contributed by atoms with van der Waals surface area (Å²) in [5, 5.41) is 0.951. The van der Waals surface area contributed by atoms with E-state index in [4.69, 9.17) is 16.6 Å². The van der Waals surface area contributed by atoms with Crippen LogP contribution in [0.5, 0.6) is 0 Å². The SMILES string of the molecule is CCC1CCC2=NC3=C(C4CC4)C=CC(C)N3C(Cl)=C2CC1. The van der Waals surface area contributed by atoms with E-state index in [9.17, 15) is 0 Å². The van der Waals surface area contributed by atoms with Gasteiger partial charge in [0, 0.05) is 11.3 Å². The Morgan fingerprint density at radius 2 is 2.00 bits per heavy atom. The van der Waals surface area contributed by atoms with Crippen molar-refractivity contribution in [3.63, 3.8) is 0 Å². The number of hydrogen-bond acceptors (Lipinski definition) is 2. The Morgan fingerprint density at radius 3 is 2.73 bits per heavy atom. The number of fused-ring (bicyclic) bond motifs is 2. The normalized spacial score (nSPS) is 31.8. The van der Waals surface area contributed by atoms with E-state index < -0.39 is 0 Å². The number of allylic oxidation sites excluding steroid dienone is 3. The molecule has 0 aromatic rings. The second-order valence-corrected chi connectivity index (χ2v) is 7.56. The first-order chi connectivity index (χ1) is 10.7. The van der Waals surface area contributed by atoms with Crippen LogP contribution in [-0.4, -0.2) is 16.7 Å². The lowest BCUT2D eigenvalue weighted by Crippen LogP contribution is -2.35. The Bertz CT molecular complexity index is 607. The van der Waals surface area contributed by atoms with E-state index in [0.717, 1.165) is 29.7 Å². The van der Waals surface area contributed by atoms with E-state index >= 15 is 0 Å². The third-order valence-corrected chi connectivity index (χ3v) is 6.09. The zero-order chi connectivity index (χ0) is 15.3. The lowest BCUT2D eigenvalue weighted by molar-refractivity contribution is 0.380. The quantitative estimate of drug-likeness (QED) is 0.625. The van der Waals surface area contributed by atoms with Crippen molar-refractivity contribution in [2.45, 2.75) is 64.8 Å². The van der Waals surface area contributed by atoms with Gasteiger partial charge in [-0.3, -0.25) is 0 Å². The van der Waals surface area contributed by atoms with Crippen LogP contribution in [-0.2, 0) is 0 Å². The Balaban J connectivity index is 1.77. The smallest absolute Gasteiger partial charge is 0.137 e. The Labute approximate surface area is 138 Å². The van der Waals surface area contributed by atoms with Gasteiger partial charge in [-0.05, 0) is 62.9 Å². The molecule has 2 fully saturated rings. The summed E-state index contributed by atoms with van der Waals surface area (Å²) in [6, 6.07) is 0.313. The minimum Gasteiger partial charge on any atom is -0.310 e. The van der Waals surface area contributed by atoms with Crippen molar-refractivity contribution in [2.75, 3.05) is 0 Å². The van der Waals surface area contributed by atoms with E-state index in [2.05, 4.69) is 30.9 Å². The molecule has 22 heavy (non-hydrogen) atoms. The predicted octanol–water partition coefficient (Wildman–Crippen LogP) is 5.37. The van der Waals surface area contributed by atoms with E-state index in [1.165, 1.54) is 49.0 Å². The number of hydrogen-bond donors (Lipinski definition) is 0. The summed E-state index contributed by atoms with van der Waals surface area (Å²) < 4.78 is 0. The zero-order valence-electron chi connectivity index (χ0n) is 13.6. The molecule has 0 amide bonds. The van der Waals surface area contributed by atoms with Crippen LogP contribution in [0.25, 0.3) is 0 Å². The maximum atomic E-state index is 6.87. The van der Waals surface area contributed by atoms with E-state index in [0.29, 0.717) is 12.0 Å². The van der Waals surface area contributed by atoms with Gasteiger partial charge in [-0.15, -0.1) is 0 Å². The summed E-state index contributed by atoms with van der Waals surface area (Å²) in [7, 11) is 0. The summed E-state index contributed by atoms with van der Waals surface area (Å²) >= 11 is 6.87. The van der Waals surface area contributed by atoms with Crippen molar-refractivity contribution in [1.29, 1.82) is 0 Å². The van der Waals surface area contributed by atoms with Crippen molar-refractivity contribution in [3.05, 3.63) is 34.3 Å². The highest BCUT2D eigenvalue weighted by molar-refractivity contribution is 6.32. The van der Waals surface area contributed by atoms with Crippen LogP contribution >= 0.6 is 11.6 Å². The molecule has 4 rings (SSSR count). The fraction of sp³-hybridized carbons (Fsp3) is 0.632. The molecule has 2 saturated carbocycles. The molecule has 0 spiro atoms. The highest BCUT2D eigenvalue weighted by Gasteiger charge is 2.37. The van der Waals surface area contributed by atoms with Crippen LogP contribution in [0.4, 0.5) is 0 Å². The Hall–Kier alpha value is -1.02. The second-order valence-electron chi connectivity index (χ2n) is 7.20. The first kappa shape index (κ1) is 14.6. The molecule has 0 saturated heterocycles. The summed E-state index contributed by atoms with van der Waals surface area (Å²) in [5.41, 5.74) is 4.01. The van der Waals surface area contributed by atoms with Crippen LogP contribution in [0.3, 0.4) is 0 Å². The zero-order valence-corrected chi connectivity index (χ0v) is 14.4. The predicted molar refractivity (Wildman–Crippen MR) is 92.8 cm³/mol. The van der Waals surface area contributed by atoms with Gasteiger partial charge in [0.2, 0.25) is 0 Å². The molecule has 0 radical (unpaired) electrons. The summed E-state index contributed by atoms with van der Waals surface area (Å²) in [4.78, 5) is 7.40. The Morgan fingerprint density at radius 1 is 1.23 bits per heavy atom. The fourth-order valence-electron chi connectivity index (χ4n) is 3.99. The third-order valence-electron chi connectivity index (χ3n) is 5.68. The average Bonchev–Trinajstić information content (AvgIpc) is 3.34. The molecule has 2 aliphatic heterocycles. The largest absolute Gasteiger partial charge is 0.310 e. The monoisotopic (exact) mass is 316 g/mol. The molecule has 2 unspecified atom stereocenters. The molecule has 2 heterocycles. The van der Waals surface area contributed by atoms with Crippen LogP contribution in [0, 0.1) is 11.8 Å². The molecule has 2 atom stereocenters. The Kier molecular flexibility index (Phi) is 3.68. The van der Waals surface area contributed by atoms with Crippen LogP contribution in [0.15, 0.2) is 39.3 Å². The highest BCUT2D eigenvalue weighted by atomic mass is 35.5.